The molecule has 0 aliphatic carbocycles. The molecular weight excluding hydrogens is 194 g/mol. The molecule has 1 heterocycles. The zero-order chi connectivity index (χ0) is 11.4. The minimum atomic E-state index is -0.134. The van der Waals surface area contributed by atoms with Crippen LogP contribution in [0, 0.1) is 0 Å². The van der Waals surface area contributed by atoms with Crippen LogP contribution in [0.2, 0.25) is 0 Å². The number of nitrogens with one attached hydrogen (secondary N) is 1. The van der Waals surface area contributed by atoms with Gasteiger partial charge in [-0.15, -0.1) is 0 Å². The van der Waals surface area contributed by atoms with Crippen molar-refractivity contribution in [3.05, 3.63) is 12.3 Å². The van der Waals surface area contributed by atoms with Gasteiger partial charge in [0.2, 0.25) is 5.91 Å². The number of hydrogen-bond donors (Lipinski definition) is 1. The molecule has 0 bridgehead atoms. The molecule has 0 spiro atoms. The highest BCUT2D eigenvalue weighted by atomic mass is 16.2. The van der Waals surface area contributed by atoms with E-state index in [0.717, 1.165) is 0 Å². The zero-order valence-electron chi connectivity index (χ0n) is 9.25. The number of nitrogens with zero attached hydrogens (tertiary/aromatic N) is 2. The summed E-state index contributed by atoms with van der Waals surface area (Å²) >= 11 is 0. The van der Waals surface area contributed by atoms with Crippen molar-refractivity contribution in [3.63, 3.8) is 0 Å². The van der Waals surface area contributed by atoms with E-state index < -0.39 is 0 Å². The van der Waals surface area contributed by atoms with E-state index in [1.807, 2.05) is 0 Å². The first-order valence-corrected chi connectivity index (χ1v) is 4.97. The summed E-state index contributed by atoms with van der Waals surface area (Å²) in [4.78, 5) is 26.0. The number of carbonyl (C=O) groups is 2. The van der Waals surface area contributed by atoms with Crippen molar-refractivity contribution in [2.24, 2.45) is 0 Å². The van der Waals surface area contributed by atoms with Crippen LogP contribution in [-0.4, -0.2) is 47.9 Å². The molecule has 0 atom stereocenters. The number of rotatable bonds is 1. The van der Waals surface area contributed by atoms with Crippen LogP contribution in [0.5, 0.6) is 0 Å². The fourth-order valence-corrected chi connectivity index (χ4v) is 1.49. The van der Waals surface area contributed by atoms with Gasteiger partial charge in [-0.05, 0) is 6.92 Å². The minimum absolute atomic E-state index is 0.0648. The number of allylic oxidation sites excluding steroid dienone is 1. The van der Waals surface area contributed by atoms with E-state index in [4.69, 9.17) is 0 Å². The monoisotopic (exact) mass is 211 g/mol. The van der Waals surface area contributed by atoms with E-state index in [9.17, 15) is 9.59 Å². The number of amides is 3. The van der Waals surface area contributed by atoms with Gasteiger partial charge < -0.3 is 15.1 Å². The summed E-state index contributed by atoms with van der Waals surface area (Å²) in [5, 5.41) is 2.65. The lowest BCUT2D eigenvalue weighted by molar-refractivity contribution is -0.130. The Morgan fingerprint density at radius 1 is 1.07 bits per heavy atom. The first kappa shape index (κ1) is 11.6. The molecule has 3 amide bonds. The molecule has 5 nitrogen and oxygen atoms in total. The molecule has 84 valence electrons. The lowest BCUT2D eigenvalue weighted by Gasteiger charge is -2.34. The number of urea groups is 1. The predicted molar refractivity (Wildman–Crippen MR) is 57.2 cm³/mol. The Labute approximate surface area is 89.7 Å². The quantitative estimate of drug-likeness (QED) is 0.682. The van der Waals surface area contributed by atoms with E-state index in [2.05, 4.69) is 11.9 Å². The van der Waals surface area contributed by atoms with E-state index in [1.54, 1.807) is 23.6 Å². The SMILES string of the molecule is C=C(C)NC(=O)N1CCN(C(C)=O)CC1. The molecule has 1 aliphatic rings. The van der Waals surface area contributed by atoms with Gasteiger partial charge in [0.15, 0.2) is 0 Å². The van der Waals surface area contributed by atoms with Gasteiger partial charge in [0, 0.05) is 38.8 Å². The van der Waals surface area contributed by atoms with Crippen molar-refractivity contribution in [2.45, 2.75) is 13.8 Å². The van der Waals surface area contributed by atoms with Gasteiger partial charge in [0.25, 0.3) is 0 Å². The lowest BCUT2D eigenvalue weighted by atomic mass is 10.3. The molecule has 1 fully saturated rings. The van der Waals surface area contributed by atoms with E-state index in [1.165, 1.54) is 0 Å². The van der Waals surface area contributed by atoms with Crippen molar-refractivity contribution in [1.29, 1.82) is 0 Å². The molecule has 1 saturated heterocycles. The standard InChI is InChI=1S/C10H17N3O2/c1-8(2)11-10(15)13-6-4-12(5-7-13)9(3)14/h1,4-7H2,2-3H3,(H,11,15). The topological polar surface area (TPSA) is 52.7 Å². The average molecular weight is 211 g/mol. The Kier molecular flexibility index (Phi) is 3.71. The van der Waals surface area contributed by atoms with Crippen LogP contribution in [0.25, 0.3) is 0 Å². The summed E-state index contributed by atoms with van der Waals surface area (Å²) in [6.07, 6.45) is 0. The van der Waals surface area contributed by atoms with Gasteiger partial charge in [0.05, 0.1) is 0 Å². The highest BCUT2D eigenvalue weighted by Crippen LogP contribution is 2.02. The maximum atomic E-state index is 11.5. The Morgan fingerprint density at radius 3 is 1.93 bits per heavy atom. The summed E-state index contributed by atoms with van der Waals surface area (Å²) in [7, 11) is 0. The van der Waals surface area contributed by atoms with Gasteiger partial charge in [-0.3, -0.25) is 4.79 Å². The summed E-state index contributed by atoms with van der Waals surface area (Å²) in [6.45, 7) is 9.28. The number of hydrogen-bond acceptors (Lipinski definition) is 2. The fourth-order valence-electron chi connectivity index (χ4n) is 1.49. The fraction of sp³-hybridized carbons (Fsp3) is 0.600. The second kappa shape index (κ2) is 4.82. The molecular formula is C10H17N3O2. The first-order chi connectivity index (χ1) is 7.00. The molecule has 0 saturated carbocycles. The van der Waals surface area contributed by atoms with Crippen LogP contribution in [0.1, 0.15) is 13.8 Å². The van der Waals surface area contributed by atoms with E-state index in [0.29, 0.717) is 31.9 Å². The Morgan fingerprint density at radius 2 is 1.53 bits per heavy atom. The molecule has 1 rings (SSSR count). The molecule has 15 heavy (non-hydrogen) atoms. The molecule has 0 aromatic rings. The normalized spacial score (nSPS) is 16.1. The molecule has 1 N–H and O–H groups in total. The average Bonchev–Trinajstić information content (AvgIpc) is 2.17. The van der Waals surface area contributed by atoms with E-state index in [-0.39, 0.29) is 11.9 Å². The molecule has 0 radical (unpaired) electrons. The largest absolute Gasteiger partial charge is 0.339 e. The van der Waals surface area contributed by atoms with Crippen molar-refractivity contribution < 1.29 is 9.59 Å². The summed E-state index contributed by atoms with van der Waals surface area (Å²) in [5.74, 6) is 0.0648. The number of piperazine rings is 1. The van der Waals surface area contributed by atoms with Gasteiger partial charge in [0.1, 0.15) is 0 Å². The van der Waals surface area contributed by atoms with Gasteiger partial charge >= 0.3 is 6.03 Å². The summed E-state index contributed by atoms with van der Waals surface area (Å²) in [5.41, 5.74) is 0.633. The number of carbonyl (C=O) groups excluding carboxylic acids is 2. The third kappa shape index (κ3) is 3.27. The Hall–Kier alpha value is -1.52. The minimum Gasteiger partial charge on any atom is -0.339 e. The van der Waals surface area contributed by atoms with Crippen LogP contribution in [-0.2, 0) is 4.79 Å². The van der Waals surface area contributed by atoms with Crippen molar-refractivity contribution in [2.75, 3.05) is 26.2 Å². The molecule has 0 unspecified atom stereocenters. The first-order valence-electron chi connectivity index (χ1n) is 4.97. The smallest absolute Gasteiger partial charge is 0.321 e. The van der Waals surface area contributed by atoms with Crippen LogP contribution in [0.4, 0.5) is 4.79 Å². The lowest BCUT2D eigenvalue weighted by Crippen LogP contribution is -2.52. The van der Waals surface area contributed by atoms with Gasteiger partial charge in [-0.25, -0.2) is 4.79 Å². The highest BCUT2D eigenvalue weighted by Gasteiger charge is 2.21. The molecule has 1 aliphatic heterocycles. The van der Waals surface area contributed by atoms with Crippen molar-refractivity contribution in [1.82, 2.24) is 15.1 Å². The van der Waals surface area contributed by atoms with Crippen molar-refractivity contribution >= 4 is 11.9 Å². The molecule has 0 aromatic carbocycles. The summed E-state index contributed by atoms with van der Waals surface area (Å²) in [6, 6.07) is -0.134. The third-order valence-corrected chi connectivity index (χ3v) is 2.33. The van der Waals surface area contributed by atoms with Crippen LogP contribution in [0.3, 0.4) is 0 Å². The summed E-state index contributed by atoms with van der Waals surface area (Å²) < 4.78 is 0. The zero-order valence-corrected chi connectivity index (χ0v) is 9.25. The second-order valence-corrected chi connectivity index (χ2v) is 3.70. The maximum Gasteiger partial charge on any atom is 0.321 e. The predicted octanol–water partition coefficient (Wildman–Crippen LogP) is 0.394. The van der Waals surface area contributed by atoms with Crippen LogP contribution in [0.15, 0.2) is 12.3 Å². The molecule has 0 aromatic heterocycles. The van der Waals surface area contributed by atoms with Gasteiger partial charge in [-0.2, -0.15) is 0 Å². The Bertz CT molecular complexity index is 280. The highest BCUT2D eigenvalue weighted by molar-refractivity contribution is 5.77. The second-order valence-electron chi connectivity index (χ2n) is 3.70. The third-order valence-electron chi connectivity index (χ3n) is 2.33. The van der Waals surface area contributed by atoms with Crippen LogP contribution < -0.4 is 5.32 Å². The Balaban J connectivity index is 2.40. The van der Waals surface area contributed by atoms with Gasteiger partial charge in [-0.1, -0.05) is 6.58 Å². The van der Waals surface area contributed by atoms with E-state index >= 15 is 0 Å². The van der Waals surface area contributed by atoms with Crippen LogP contribution >= 0.6 is 0 Å². The maximum absolute atomic E-state index is 11.5. The van der Waals surface area contributed by atoms with Crippen molar-refractivity contribution in [3.8, 4) is 0 Å². The molecule has 5 heteroatoms.